The van der Waals surface area contributed by atoms with E-state index in [0.29, 0.717) is 6.54 Å². The maximum atomic E-state index is 11.8. The molecule has 0 aromatic carbocycles. The molecule has 1 aromatic heterocycles. The molecule has 0 spiro atoms. The highest BCUT2D eigenvalue weighted by Gasteiger charge is 2.17. The summed E-state index contributed by atoms with van der Waals surface area (Å²) in [4.78, 5) is 16.0. The summed E-state index contributed by atoms with van der Waals surface area (Å²) < 4.78 is 0. The lowest BCUT2D eigenvalue weighted by atomic mass is 9.94. The second-order valence-electron chi connectivity index (χ2n) is 4.34. The van der Waals surface area contributed by atoms with E-state index < -0.39 is 0 Å². The van der Waals surface area contributed by atoms with Crippen LogP contribution in [0.5, 0.6) is 0 Å². The molecule has 1 aliphatic carbocycles. The van der Waals surface area contributed by atoms with E-state index in [-0.39, 0.29) is 11.8 Å². The molecule has 17 heavy (non-hydrogen) atoms. The Hall–Kier alpha value is -1.64. The maximum absolute atomic E-state index is 11.8. The molecular formula is C14H18N2O. The van der Waals surface area contributed by atoms with Crippen molar-refractivity contribution < 1.29 is 4.79 Å². The molecule has 1 aromatic rings. The molecule has 0 fully saturated rings. The van der Waals surface area contributed by atoms with Gasteiger partial charge in [-0.15, -0.1) is 0 Å². The molecule has 1 atom stereocenters. The van der Waals surface area contributed by atoms with E-state index in [4.69, 9.17) is 0 Å². The van der Waals surface area contributed by atoms with Gasteiger partial charge in [-0.05, 0) is 31.4 Å². The van der Waals surface area contributed by atoms with Gasteiger partial charge >= 0.3 is 0 Å². The molecule has 3 nitrogen and oxygen atoms in total. The van der Waals surface area contributed by atoms with Crippen LogP contribution in [0.15, 0.2) is 36.5 Å². The van der Waals surface area contributed by atoms with Crippen LogP contribution in [0, 0.1) is 5.92 Å². The van der Waals surface area contributed by atoms with E-state index in [0.717, 1.165) is 31.4 Å². The fourth-order valence-corrected chi connectivity index (χ4v) is 2.04. The van der Waals surface area contributed by atoms with Crippen molar-refractivity contribution in [2.45, 2.75) is 25.7 Å². The maximum Gasteiger partial charge on any atom is 0.223 e. The molecule has 0 saturated carbocycles. The van der Waals surface area contributed by atoms with Crippen LogP contribution in [0.2, 0.25) is 0 Å². The van der Waals surface area contributed by atoms with Gasteiger partial charge < -0.3 is 5.32 Å². The summed E-state index contributed by atoms with van der Waals surface area (Å²) in [6.45, 7) is 0.677. The van der Waals surface area contributed by atoms with Crippen LogP contribution in [0.3, 0.4) is 0 Å². The lowest BCUT2D eigenvalue weighted by Crippen LogP contribution is -2.32. The van der Waals surface area contributed by atoms with Gasteiger partial charge in [0.25, 0.3) is 0 Å². The number of amides is 1. The van der Waals surface area contributed by atoms with Crippen LogP contribution in [0.25, 0.3) is 0 Å². The quantitative estimate of drug-likeness (QED) is 0.805. The minimum atomic E-state index is 0.170. The van der Waals surface area contributed by atoms with Crippen molar-refractivity contribution in [1.29, 1.82) is 0 Å². The highest BCUT2D eigenvalue weighted by atomic mass is 16.1. The standard InChI is InChI=1S/C14H18N2O/c17-14(12-6-2-1-3-7-12)16-11-9-13-8-4-5-10-15-13/h1-2,4-5,8,10,12H,3,6-7,9,11H2,(H,16,17)/t12-/m0/s1. The molecule has 0 aliphatic heterocycles. The Bertz CT molecular complexity index is 386. The molecule has 0 bridgehead atoms. The third-order valence-electron chi connectivity index (χ3n) is 3.05. The van der Waals surface area contributed by atoms with Gasteiger partial charge in [0.1, 0.15) is 0 Å². The van der Waals surface area contributed by atoms with E-state index in [1.54, 1.807) is 6.20 Å². The van der Waals surface area contributed by atoms with Crippen molar-refractivity contribution in [1.82, 2.24) is 10.3 Å². The highest BCUT2D eigenvalue weighted by molar-refractivity contribution is 5.78. The van der Waals surface area contributed by atoms with Crippen molar-refractivity contribution in [2.75, 3.05) is 6.54 Å². The molecule has 0 radical (unpaired) electrons. The number of nitrogens with zero attached hydrogens (tertiary/aromatic N) is 1. The van der Waals surface area contributed by atoms with Gasteiger partial charge in [-0.2, -0.15) is 0 Å². The predicted molar refractivity (Wildman–Crippen MR) is 67.4 cm³/mol. The Morgan fingerprint density at radius 1 is 1.41 bits per heavy atom. The van der Waals surface area contributed by atoms with E-state index >= 15 is 0 Å². The van der Waals surface area contributed by atoms with Gasteiger partial charge in [0.2, 0.25) is 5.91 Å². The third-order valence-corrected chi connectivity index (χ3v) is 3.05. The van der Waals surface area contributed by atoms with Crippen LogP contribution in [0.1, 0.15) is 25.0 Å². The summed E-state index contributed by atoms with van der Waals surface area (Å²) in [5.41, 5.74) is 1.02. The number of nitrogens with one attached hydrogen (secondary N) is 1. The van der Waals surface area contributed by atoms with Gasteiger partial charge in [0.15, 0.2) is 0 Å². The molecule has 1 heterocycles. The summed E-state index contributed by atoms with van der Waals surface area (Å²) in [6.07, 6.45) is 9.72. The van der Waals surface area contributed by atoms with Gasteiger partial charge in [-0.25, -0.2) is 0 Å². The first-order valence-corrected chi connectivity index (χ1v) is 6.19. The number of allylic oxidation sites excluding steroid dienone is 2. The largest absolute Gasteiger partial charge is 0.355 e. The first-order valence-electron chi connectivity index (χ1n) is 6.19. The van der Waals surface area contributed by atoms with Crippen LogP contribution in [-0.4, -0.2) is 17.4 Å². The minimum absolute atomic E-state index is 0.170. The van der Waals surface area contributed by atoms with E-state index in [2.05, 4.69) is 22.5 Å². The fraction of sp³-hybridized carbons (Fsp3) is 0.429. The summed E-state index contributed by atoms with van der Waals surface area (Å²) in [6, 6.07) is 5.85. The molecule has 90 valence electrons. The molecular weight excluding hydrogens is 212 g/mol. The molecule has 1 amide bonds. The average Bonchev–Trinajstić information content (AvgIpc) is 2.41. The highest BCUT2D eigenvalue weighted by Crippen LogP contribution is 2.17. The Morgan fingerprint density at radius 2 is 2.35 bits per heavy atom. The van der Waals surface area contributed by atoms with Gasteiger partial charge in [0, 0.05) is 30.8 Å². The van der Waals surface area contributed by atoms with Gasteiger partial charge in [0.05, 0.1) is 0 Å². The van der Waals surface area contributed by atoms with Crippen LogP contribution < -0.4 is 5.32 Å². The molecule has 2 rings (SSSR count). The lowest BCUT2D eigenvalue weighted by molar-refractivity contribution is -0.125. The number of carbonyl (C=O) groups excluding carboxylic acids is 1. The molecule has 0 saturated heterocycles. The fourth-order valence-electron chi connectivity index (χ4n) is 2.04. The molecule has 1 aliphatic rings. The van der Waals surface area contributed by atoms with Crippen molar-refractivity contribution in [3.05, 3.63) is 42.2 Å². The summed E-state index contributed by atoms with van der Waals surface area (Å²) in [5.74, 6) is 0.356. The number of hydrogen-bond donors (Lipinski definition) is 1. The Kier molecular flexibility index (Phi) is 4.30. The van der Waals surface area contributed by atoms with E-state index in [1.165, 1.54) is 0 Å². The number of pyridine rings is 1. The SMILES string of the molecule is O=C(NCCc1ccccn1)[C@H]1CC=CCC1. The zero-order valence-corrected chi connectivity index (χ0v) is 9.93. The Balaban J connectivity index is 1.71. The van der Waals surface area contributed by atoms with Crippen molar-refractivity contribution in [3.63, 3.8) is 0 Å². The van der Waals surface area contributed by atoms with E-state index in [9.17, 15) is 4.79 Å². The molecule has 3 heteroatoms. The van der Waals surface area contributed by atoms with Gasteiger partial charge in [-0.1, -0.05) is 18.2 Å². The first-order chi connectivity index (χ1) is 8.36. The predicted octanol–water partition coefficient (Wildman–Crippen LogP) is 2.10. The smallest absolute Gasteiger partial charge is 0.223 e. The number of aromatic nitrogens is 1. The number of hydrogen-bond acceptors (Lipinski definition) is 2. The van der Waals surface area contributed by atoms with Crippen LogP contribution >= 0.6 is 0 Å². The van der Waals surface area contributed by atoms with Crippen molar-refractivity contribution in [2.24, 2.45) is 5.92 Å². The van der Waals surface area contributed by atoms with Gasteiger partial charge in [-0.3, -0.25) is 9.78 Å². The summed E-state index contributed by atoms with van der Waals surface area (Å²) >= 11 is 0. The summed E-state index contributed by atoms with van der Waals surface area (Å²) in [7, 11) is 0. The van der Waals surface area contributed by atoms with E-state index in [1.807, 2.05) is 18.2 Å². The first kappa shape index (κ1) is 11.8. The van der Waals surface area contributed by atoms with Crippen LogP contribution in [-0.2, 0) is 11.2 Å². The number of rotatable bonds is 4. The van der Waals surface area contributed by atoms with Crippen molar-refractivity contribution in [3.8, 4) is 0 Å². The normalized spacial score (nSPS) is 18.9. The zero-order chi connectivity index (χ0) is 11.9. The topological polar surface area (TPSA) is 42.0 Å². The number of carbonyl (C=O) groups is 1. The zero-order valence-electron chi connectivity index (χ0n) is 9.93. The monoisotopic (exact) mass is 230 g/mol. The lowest BCUT2D eigenvalue weighted by Gasteiger charge is -2.17. The Morgan fingerprint density at radius 3 is 3.06 bits per heavy atom. The minimum Gasteiger partial charge on any atom is -0.355 e. The van der Waals surface area contributed by atoms with Crippen LogP contribution in [0.4, 0.5) is 0 Å². The Labute approximate surface area is 102 Å². The average molecular weight is 230 g/mol. The second-order valence-corrected chi connectivity index (χ2v) is 4.34. The van der Waals surface area contributed by atoms with Crippen molar-refractivity contribution >= 4 is 5.91 Å². The molecule has 1 N–H and O–H groups in total. The summed E-state index contributed by atoms with van der Waals surface area (Å²) in [5, 5.41) is 2.99. The second kappa shape index (κ2) is 6.18. The third kappa shape index (κ3) is 3.70. The molecule has 0 unspecified atom stereocenters.